The molecule has 0 radical (unpaired) electrons. The highest BCUT2D eigenvalue weighted by Crippen LogP contribution is 2.23. The molecule has 2 nitrogen and oxygen atoms in total. The number of aromatic nitrogens is 1. The number of H-pyrrole nitrogens is 1. The highest BCUT2D eigenvalue weighted by Gasteiger charge is 2.03. The molecule has 0 saturated heterocycles. The zero-order valence-electron chi connectivity index (χ0n) is 8.08. The van der Waals surface area contributed by atoms with Gasteiger partial charge >= 0.3 is 0 Å². The van der Waals surface area contributed by atoms with Crippen molar-refractivity contribution in [2.75, 3.05) is 12.9 Å². The molecule has 1 heterocycles. The molecular weight excluding hydrogens is 194 g/mol. The highest BCUT2D eigenvalue weighted by atomic mass is 32.1. The first-order valence-corrected chi connectivity index (χ1v) is 5.23. The average molecular weight is 207 g/mol. The quantitative estimate of drug-likeness (QED) is 0.743. The Kier molecular flexibility index (Phi) is 2.68. The van der Waals surface area contributed by atoms with Crippen LogP contribution in [-0.4, -0.2) is 17.8 Å². The molecule has 0 aliphatic heterocycles. The smallest absolute Gasteiger partial charge is 0.119 e. The summed E-state index contributed by atoms with van der Waals surface area (Å²) in [5.74, 6) is 1.77. The van der Waals surface area contributed by atoms with Crippen LogP contribution in [0, 0.1) is 0 Å². The molecular formula is C11H13NOS. The summed E-state index contributed by atoms with van der Waals surface area (Å²) in [5, 5.41) is 1.23. The molecule has 1 aromatic heterocycles. The summed E-state index contributed by atoms with van der Waals surface area (Å²) < 4.78 is 5.19. The Hall–Kier alpha value is -1.09. The average Bonchev–Trinajstić information content (AvgIpc) is 2.61. The predicted molar refractivity (Wildman–Crippen MR) is 62.4 cm³/mol. The minimum absolute atomic E-state index is 0.865. The summed E-state index contributed by atoms with van der Waals surface area (Å²) in [6.45, 7) is 0. The lowest BCUT2D eigenvalue weighted by atomic mass is 10.1. The summed E-state index contributed by atoms with van der Waals surface area (Å²) in [5.41, 5.74) is 2.46. The summed E-state index contributed by atoms with van der Waals surface area (Å²) in [7, 11) is 1.69. The van der Waals surface area contributed by atoms with Gasteiger partial charge in [-0.15, -0.1) is 0 Å². The van der Waals surface area contributed by atoms with E-state index in [0.29, 0.717) is 0 Å². The molecule has 0 fully saturated rings. The van der Waals surface area contributed by atoms with E-state index in [2.05, 4.69) is 23.7 Å². The lowest BCUT2D eigenvalue weighted by Crippen LogP contribution is -1.85. The number of aryl methyl sites for hydroxylation is 1. The number of aromatic amines is 1. The number of thiol groups is 1. The van der Waals surface area contributed by atoms with Gasteiger partial charge in [0.1, 0.15) is 5.75 Å². The topological polar surface area (TPSA) is 25.0 Å². The number of benzene rings is 1. The maximum Gasteiger partial charge on any atom is 0.119 e. The fraction of sp³-hybridized carbons (Fsp3) is 0.273. The van der Waals surface area contributed by atoms with Gasteiger partial charge in [0.25, 0.3) is 0 Å². The molecule has 3 heteroatoms. The third-order valence-electron chi connectivity index (χ3n) is 2.36. The van der Waals surface area contributed by atoms with Crippen molar-refractivity contribution in [3.8, 4) is 5.75 Å². The van der Waals surface area contributed by atoms with E-state index in [4.69, 9.17) is 4.74 Å². The second-order valence-corrected chi connectivity index (χ2v) is 3.65. The molecule has 0 saturated carbocycles. The van der Waals surface area contributed by atoms with Crippen molar-refractivity contribution in [3.05, 3.63) is 30.0 Å². The van der Waals surface area contributed by atoms with Gasteiger partial charge in [0.05, 0.1) is 7.11 Å². The fourth-order valence-corrected chi connectivity index (χ4v) is 1.85. The molecule has 0 atom stereocenters. The van der Waals surface area contributed by atoms with E-state index in [0.717, 1.165) is 23.4 Å². The van der Waals surface area contributed by atoms with Gasteiger partial charge in [-0.3, -0.25) is 0 Å². The van der Waals surface area contributed by atoms with Gasteiger partial charge in [0.15, 0.2) is 0 Å². The Labute approximate surface area is 88.7 Å². The van der Waals surface area contributed by atoms with E-state index in [9.17, 15) is 0 Å². The van der Waals surface area contributed by atoms with Crippen molar-refractivity contribution in [2.45, 2.75) is 6.42 Å². The van der Waals surface area contributed by atoms with E-state index in [1.54, 1.807) is 7.11 Å². The Morgan fingerprint density at radius 2 is 2.29 bits per heavy atom. The monoisotopic (exact) mass is 207 g/mol. The summed E-state index contributed by atoms with van der Waals surface area (Å²) >= 11 is 4.24. The molecule has 0 aliphatic carbocycles. The lowest BCUT2D eigenvalue weighted by Gasteiger charge is -2.00. The predicted octanol–water partition coefficient (Wildman–Crippen LogP) is 2.65. The largest absolute Gasteiger partial charge is 0.497 e. The SMILES string of the molecule is COc1ccc2[nH]cc(CCS)c2c1. The minimum Gasteiger partial charge on any atom is -0.497 e. The second kappa shape index (κ2) is 3.96. The van der Waals surface area contributed by atoms with E-state index < -0.39 is 0 Å². The van der Waals surface area contributed by atoms with Gasteiger partial charge in [-0.05, 0) is 35.9 Å². The molecule has 2 rings (SSSR count). The molecule has 74 valence electrons. The molecule has 0 unspecified atom stereocenters. The van der Waals surface area contributed by atoms with Crippen LogP contribution in [0.25, 0.3) is 10.9 Å². The van der Waals surface area contributed by atoms with Crippen LogP contribution in [0.15, 0.2) is 24.4 Å². The number of nitrogens with one attached hydrogen (secondary N) is 1. The van der Waals surface area contributed by atoms with Crippen molar-refractivity contribution >= 4 is 23.5 Å². The summed E-state index contributed by atoms with van der Waals surface area (Å²) in [6, 6.07) is 6.06. The zero-order valence-corrected chi connectivity index (χ0v) is 8.97. The first-order valence-electron chi connectivity index (χ1n) is 4.60. The Bertz CT molecular complexity index is 436. The molecule has 1 aromatic carbocycles. The highest BCUT2D eigenvalue weighted by molar-refractivity contribution is 7.80. The van der Waals surface area contributed by atoms with E-state index in [1.165, 1.54) is 10.9 Å². The first kappa shape index (κ1) is 9.46. The number of ether oxygens (including phenoxy) is 1. The van der Waals surface area contributed by atoms with Crippen molar-refractivity contribution < 1.29 is 4.74 Å². The van der Waals surface area contributed by atoms with Gasteiger partial charge in [-0.2, -0.15) is 12.6 Å². The minimum atomic E-state index is 0.865. The van der Waals surface area contributed by atoms with Crippen LogP contribution in [0.1, 0.15) is 5.56 Å². The molecule has 1 N–H and O–H groups in total. The molecule has 14 heavy (non-hydrogen) atoms. The van der Waals surface area contributed by atoms with Gasteiger partial charge in [0.2, 0.25) is 0 Å². The standard InChI is InChI=1S/C11H13NOS/c1-13-9-2-3-11-10(6-9)8(4-5-14)7-12-11/h2-3,6-7,12,14H,4-5H2,1H3. The van der Waals surface area contributed by atoms with Gasteiger partial charge in [-0.1, -0.05) is 0 Å². The van der Waals surface area contributed by atoms with Crippen LogP contribution in [-0.2, 0) is 6.42 Å². The molecule has 0 amide bonds. The maximum absolute atomic E-state index is 5.19. The third-order valence-corrected chi connectivity index (χ3v) is 2.58. The number of hydrogen-bond acceptors (Lipinski definition) is 2. The van der Waals surface area contributed by atoms with Crippen molar-refractivity contribution in [1.82, 2.24) is 4.98 Å². The Balaban J connectivity index is 2.52. The van der Waals surface area contributed by atoms with Crippen LogP contribution in [0.2, 0.25) is 0 Å². The lowest BCUT2D eigenvalue weighted by molar-refractivity contribution is 0.415. The number of rotatable bonds is 3. The Morgan fingerprint density at radius 1 is 1.43 bits per heavy atom. The number of fused-ring (bicyclic) bond motifs is 1. The molecule has 0 bridgehead atoms. The van der Waals surface area contributed by atoms with Crippen LogP contribution in [0.4, 0.5) is 0 Å². The summed E-state index contributed by atoms with van der Waals surface area (Å²) in [6.07, 6.45) is 3.02. The van der Waals surface area contributed by atoms with Crippen molar-refractivity contribution in [1.29, 1.82) is 0 Å². The van der Waals surface area contributed by atoms with Crippen LogP contribution in [0.5, 0.6) is 5.75 Å². The summed E-state index contributed by atoms with van der Waals surface area (Å²) in [4.78, 5) is 3.23. The maximum atomic E-state index is 5.19. The van der Waals surface area contributed by atoms with Crippen molar-refractivity contribution in [2.24, 2.45) is 0 Å². The molecule has 0 aliphatic rings. The molecule has 2 aromatic rings. The van der Waals surface area contributed by atoms with E-state index in [1.807, 2.05) is 18.3 Å². The molecule has 0 spiro atoms. The third kappa shape index (κ3) is 1.60. The van der Waals surface area contributed by atoms with Crippen LogP contribution < -0.4 is 4.74 Å². The zero-order chi connectivity index (χ0) is 9.97. The van der Waals surface area contributed by atoms with E-state index in [-0.39, 0.29) is 0 Å². The van der Waals surface area contributed by atoms with E-state index >= 15 is 0 Å². The number of methoxy groups -OCH3 is 1. The van der Waals surface area contributed by atoms with Gasteiger partial charge in [0, 0.05) is 17.1 Å². The van der Waals surface area contributed by atoms with Crippen molar-refractivity contribution in [3.63, 3.8) is 0 Å². The second-order valence-electron chi connectivity index (χ2n) is 3.20. The first-order chi connectivity index (χ1) is 6.85. The Morgan fingerprint density at radius 3 is 3.00 bits per heavy atom. The fourth-order valence-electron chi connectivity index (χ4n) is 1.61. The van der Waals surface area contributed by atoms with Crippen LogP contribution >= 0.6 is 12.6 Å². The van der Waals surface area contributed by atoms with Gasteiger partial charge in [-0.25, -0.2) is 0 Å². The normalized spacial score (nSPS) is 10.7. The van der Waals surface area contributed by atoms with Gasteiger partial charge < -0.3 is 9.72 Å². The number of hydrogen-bond donors (Lipinski definition) is 2. The van der Waals surface area contributed by atoms with Crippen LogP contribution in [0.3, 0.4) is 0 Å².